The summed E-state index contributed by atoms with van der Waals surface area (Å²) in [7, 11) is 0. The van der Waals surface area contributed by atoms with Gasteiger partial charge >= 0.3 is 5.97 Å². The van der Waals surface area contributed by atoms with Crippen LogP contribution in [0.3, 0.4) is 0 Å². The van der Waals surface area contributed by atoms with Crippen molar-refractivity contribution in [3.8, 4) is 0 Å². The molecule has 0 spiro atoms. The first kappa shape index (κ1) is 13.4. The zero-order chi connectivity index (χ0) is 14.0. The lowest BCUT2D eigenvalue weighted by Gasteiger charge is -2.11. The van der Waals surface area contributed by atoms with E-state index in [1.54, 1.807) is 24.3 Å². The van der Waals surface area contributed by atoms with Gasteiger partial charge in [-0.3, -0.25) is 0 Å². The summed E-state index contributed by atoms with van der Waals surface area (Å²) in [5.74, 6) is -0.958. The minimum Gasteiger partial charge on any atom is -0.478 e. The van der Waals surface area contributed by atoms with Crippen molar-refractivity contribution in [2.24, 2.45) is 0 Å². The molecule has 0 saturated carbocycles. The highest BCUT2D eigenvalue weighted by atomic mass is 35.5. The topological polar surface area (TPSA) is 49.3 Å². The number of benzene rings is 2. The van der Waals surface area contributed by atoms with Gasteiger partial charge in [-0.25, -0.2) is 4.79 Å². The number of aromatic carboxylic acids is 1. The standard InChI is InChI=1S/C15H14ClNO2/c1-9-3-6-12(15(18)19)14(7-9)17-11-5-4-10(2)13(16)8-11/h3-8,17H,1-2H3,(H,18,19). The fourth-order valence-corrected chi connectivity index (χ4v) is 1.95. The van der Waals surface area contributed by atoms with Crippen LogP contribution in [0.4, 0.5) is 11.4 Å². The smallest absolute Gasteiger partial charge is 0.337 e. The molecule has 2 aromatic rings. The number of rotatable bonds is 3. The van der Waals surface area contributed by atoms with Crippen LogP contribution in [0.1, 0.15) is 21.5 Å². The van der Waals surface area contributed by atoms with Crippen molar-refractivity contribution in [2.45, 2.75) is 13.8 Å². The molecule has 3 nitrogen and oxygen atoms in total. The summed E-state index contributed by atoms with van der Waals surface area (Å²) in [4.78, 5) is 11.2. The third kappa shape index (κ3) is 3.06. The maximum absolute atomic E-state index is 11.2. The lowest BCUT2D eigenvalue weighted by molar-refractivity contribution is 0.0698. The zero-order valence-corrected chi connectivity index (χ0v) is 11.5. The molecule has 0 atom stereocenters. The van der Waals surface area contributed by atoms with Crippen molar-refractivity contribution >= 4 is 28.9 Å². The van der Waals surface area contributed by atoms with E-state index < -0.39 is 5.97 Å². The van der Waals surface area contributed by atoms with Crippen LogP contribution in [-0.4, -0.2) is 11.1 Å². The maximum Gasteiger partial charge on any atom is 0.337 e. The lowest BCUT2D eigenvalue weighted by Crippen LogP contribution is -2.03. The van der Waals surface area contributed by atoms with Crippen molar-refractivity contribution < 1.29 is 9.90 Å². The number of aryl methyl sites for hydroxylation is 2. The number of carboxylic acids is 1. The van der Waals surface area contributed by atoms with Gasteiger partial charge in [0.25, 0.3) is 0 Å². The normalized spacial score (nSPS) is 10.3. The quantitative estimate of drug-likeness (QED) is 0.873. The monoisotopic (exact) mass is 275 g/mol. The zero-order valence-electron chi connectivity index (χ0n) is 10.7. The predicted octanol–water partition coefficient (Wildman–Crippen LogP) is 4.40. The highest BCUT2D eigenvalue weighted by molar-refractivity contribution is 6.31. The van der Waals surface area contributed by atoms with Gasteiger partial charge in [-0.05, 0) is 49.2 Å². The van der Waals surface area contributed by atoms with Gasteiger partial charge < -0.3 is 10.4 Å². The molecule has 0 aromatic heterocycles. The van der Waals surface area contributed by atoms with E-state index in [4.69, 9.17) is 16.7 Å². The van der Waals surface area contributed by atoms with Gasteiger partial charge in [-0.1, -0.05) is 23.7 Å². The molecule has 2 rings (SSSR count). The van der Waals surface area contributed by atoms with E-state index in [2.05, 4.69) is 5.32 Å². The average Bonchev–Trinajstić information content (AvgIpc) is 2.33. The Kier molecular flexibility index (Phi) is 3.76. The second-order valence-electron chi connectivity index (χ2n) is 4.44. The Balaban J connectivity index is 2.39. The van der Waals surface area contributed by atoms with E-state index >= 15 is 0 Å². The molecular weight excluding hydrogens is 262 g/mol. The van der Waals surface area contributed by atoms with Crippen molar-refractivity contribution in [3.05, 3.63) is 58.1 Å². The molecule has 0 heterocycles. The Bertz CT molecular complexity index is 638. The van der Waals surface area contributed by atoms with Crippen LogP contribution in [0.15, 0.2) is 36.4 Å². The Morgan fingerprint density at radius 2 is 1.89 bits per heavy atom. The summed E-state index contributed by atoms with van der Waals surface area (Å²) < 4.78 is 0. The number of carboxylic acid groups (broad SMARTS) is 1. The number of anilines is 2. The van der Waals surface area contributed by atoms with E-state index in [1.165, 1.54) is 0 Å². The summed E-state index contributed by atoms with van der Waals surface area (Å²) in [5, 5.41) is 12.9. The van der Waals surface area contributed by atoms with Gasteiger partial charge in [-0.2, -0.15) is 0 Å². The second-order valence-corrected chi connectivity index (χ2v) is 4.85. The molecule has 0 fully saturated rings. The lowest BCUT2D eigenvalue weighted by atomic mass is 10.1. The summed E-state index contributed by atoms with van der Waals surface area (Å²) in [6, 6.07) is 10.7. The van der Waals surface area contributed by atoms with Crippen LogP contribution >= 0.6 is 11.6 Å². The fourth-order valence-electron chi connectivity index (χ4n) is 1.77. The minimum atomic E-state index is -0.958. The minimum absolute atomic E-state index is 0.238. The Hall–Kier alpha value is -2.00. The first-order chi connectivity index (χ1) is 8.97. The van der Waals surface area contributed by atoms with Gasteiger partial charge in [0.2, 0.25) is 0 Å². The summed E-state index contributed by atoms with van der Waals surface area (Å²) >= 11 is 6.06. The van der Waals surface area contributed by atoms with Crippen LogP contribution in [0.25, 0.3) is 0 Å². The molecule has 0 aliphatic heterocycles. The maximum atomic E-state index is 11.2. The van der Waals surface area contributed by atoms with Gasteiger partial charge in [-0.15, -0.1) is 0 Å². The van der Waals surface area contributed by atoms with Gasteiger partial charge in [0.15, 0.2) is 0 Å². The highest BCUT2D eigenvalue weighted by Gasteiger charge is 2.10. The van der Waals surface area contributed by atoms with Crippen molar-refractivity contribution in [3.63, 3.8) is 0 Å². The number of hydrogen-bond acceptors (Lipinski definition) is 2. The molecule has 98 valence electrons. The van der Waals surface area contributed by atoms with Crippen LogP contribution < -0.4 is 5.32 Å². The largest absolute Gasteiger partial charge is 0.478 e. The Morgan fingerprint density at radius 1 is 1.16 bits per heavy atom. The molecule has 0 radical (unpaired) electrons. The van der Waals surface area contributed by atoms with Crippen molar-refractivity contribution in [1.82, 2.24) is 0 Å². The fraction of sp³-hybridized carbons (Fsp3) is 0.133. The van der Waals surface area contributed by atoms with Gasteiger partial charge in [0.05, 0.1) is 11.3 Å². The predicted molar refractivity (Wildman–Crippen MR) is 77.6 cm³/mol. The molecule has 0 aliphatic rings. The SMILES string of the molecule is Cc1ccc(C(=O)O)c(Nc2ccc(C)c(Cl)c2)c1. The summed E-state index contributed by atoms with van der Waals surface area (Å²) in [6.07, 6.45) is 0. The number of halogens is 1. The second kappa shape index (κ2) is 5.33. The first-order valence-corrected chi connectivity index (χ1v) is 6.22. The van der Waals surface area contributed by atoms with Gasteiger partial charge in [0, 0.05) is 10.7 Å². The van der Waals surface area contributed by atoms with Crippen molar-refractivity contribution in [2.75, 3.05) is 5.32 Å². The number of hydrogen-bond donors (Lipinski definition) is 2. The van der Waals surface area contributed by atoms with Crippen LogP contribution in [0.5, 0.6) is 0 Å². The summed E-state index contributed by atoms with van der Waals surface area (Å²) in [5.41, 5.74) is 3.54. The molecule has 0 bridgehead atoms. The van der Waals surface area contributed by atoms with Crippen LogP contribution in [-0.2, 0) is 0 Å². The van der Waals surface area contributed by atoms with Crippen molar-refractivity contribution in [1.29, 1.82) is 0 Å². The molecular formula is C15H14ClNO2. The first-order valence-electron chi connectivity index (χ1n) is 5.84. The third-order valence-corrected chi connectivity index (χ3v) is 3.26. The molecule has 2 N–H and O–H groups in total. The van der Waals surface area contributed by atoms with E-state index in [0.29, 0.717) is 10.7 Å². The molecule has 0 aliphatic carbocycles. The highest BCUT2D eigenvalue weighted by Crippen LogP contribution is 2.26. The van der Waals surface area contributed by atoms with E-state index in [-0.39, 0.29) is 5.56 Å². The van der Waals surface area contributed by atoms with Crippen LogP contribution in [0.2, 0.25) is 5.02 Å². The molecule has 19 heavy (non-hydrogen) atoms. The molecule has 0 saturated heterocycles. The molecule has 0 amide bonds. The Labute approximate surface area is 116 Å². The molecule has 4 heteroatoms. The van der Waals surface area contributed by atoms with E-state index in [1.807, 2.05) is 26.0 Å². The van der Waals surface area contributed by atoms with E-state index in [0.717, 1.165) is 16.8 Å². The summed E-state index contributed by atoms with van der Waals surface area (Å²) in [6.45, 7) is 3.83. The molecule has 2 aromatic carbocycles. The number of carbonyl (C=O) groups is 1. The van der Waals surface area contributed by atoms with Gasteiger partial charge in [0.1, 0.15) is 0 Å². The molecule has 0 unspecified atom stereocenters. The van der Waals surface area contributed by atoms with Crippen LogP contribution in [0, 0.1) is 13.8 Å². The number of nitrogens with one attached hydrogen (secondary N) is 1. The van der Waals surface area contributed by atoms with E-state index in [9.17, 15) is 4.79 Å². The average molecular weight is 276 g/mol. The third-order valence-electron chi connectivity index (χ3n) is 2.86. The Morgan fingerprint density at radius 3 is 2.53 bits per heavy atom.